The van der Waals surface area contributed by atoms with E-state index in [0.29, 0.717) is 24.6 Å². The number of nitrogens with zero attached hydrogens (tertiary/aromatic N) is 3. The second-order valence-electron chi connectivity index (χ2n) is 6.02. The molecule has 1 unspecified atom stereocenters. The smallest absolute Gasteiger partial charge is 0.271 e. The van der Waals surface area contributed by atoms with E-state index in [4.69, 9.17) is 9.47 Å². The lowest BCUT2D eigenvalue weighted by molar-refractivity contribution is 0.0934. The van der Waals surface area contributed by atoms with Gasteiger partial charge in [-0.25, -0.2) is 9.97 Å². The molecule has 4 rings (SSSR count). The van der Waals surface area contributed by atoms with Gasteiger partial charge >= 0.3 is 0 Å². The molecule has 1 N–H and O–H groups in total. The molecule has 0 fully saturated rings. The molecule has 0 spiro atoms. The zero-order valence-electron chi connectivity index (χ0n) is 13.8. The van der Waals surface area contributed by atoms with Gasteiger partial charge in [-0.2, -0.15) is 0 Å². The number of methoxy groups -OCH3 is 1. The molecule has 1 atom stereocenters. The van der Waals surface area contributed by atoms with E-state index in [-0.39, 0.29) is 11.8 Å². The van der Waals surface area contributed by atoms with Crippen molar-refractivity contribution in [3.63, 3.8) is 0 Å². The average Bonchev–Trinajstić information content (AvgIpc) is 3.10. The Morgan fingerprint density at radius 2 is 2.40 bits per heavy atom. The first kappa shape index (κ1) is 15.4. The molecule has 0 aliphatic carbocycles. The van der Waals surface area contributed by atoms with Gasteiger partial charge in [-0.05, 0) is 24.1 Å². The summed E-state index contributed by atoms with van der Waals surface area (Å²) in [6.45, 7) is 1.10. The van der Waals surface area contributed by atoms with Crippen LogP contribution >= 0.6 is 0 Å². The second kappa shape index (κ2) is 6.43. The van der Waals surface area contributed by atoms with Crippen LogP contribution in [0.3, 0.4) is 0 Å². The van der Waals surface area contributed by atoms with Crippen LogP contribution in [-0.2, 0) is 6.42 Å². The largest absolute Gasteiger partial charge is 0.497 e. The molecule has 1 aliphatic heterocycles. The van der Waals surface area contributed by atoms with Gasteiger partial charge in [0.05, 0.1) is 13.7 Å². The zero-order chi connectivity index (χ0) is 17.2. The number of ether oxygens (including phenoxy) is 2. The fraction of sp³-hybridized carbons (Fsp3) is 0.278. The van der Waals surface area contributed by atoms with Crippen molar-refractivity contribution in [2.24, 2.45) is 5.92 Å². The predicted molar refractivity (Wildman–Crippen MR) is 91.0 cm³/mol. The number of hydrogen-bond donors (Lipinski definition) is 1. The standard InChI is InChI=1S/C18H18N4O3/c1-24-14-4-3-13-7-12(11-25-16(13)8-14)9-20-17(23)15-10-22-6-2-5-19-18(22)21-15/h2-6,8,10,12H,7,9,11H2,1H3,(H,20,23). The Labute approximate surface area is 144 Å². The van der Waals surface area contributed by atoms with Crippen molar-refractivity contribution in [3.05, 3.63) is 54.1 Å². The van der Waals surface area contributed by atoms with Crippen molar-refractivity contribution in [2.75, 3.05) is 20.3 Å². The molecule has 7 heteroatoms. The number of amides is 1. The number of nitrogens with one attached hydrogen (secondary N) is 1. The van der Waals surface area contributed by atoms with Crippen LogP contribution in [0, 0.1) is 5.92 Å². The molecule has 1 aliphatic rings. The number of carbonyl (C=O) groups is 1. The highest BCUT2D eigenvalue weighted by Crippen LogP contribution is 2.30. The maximum atomic E-state index is 12.3. The van der Waals surface area contributed by atoms with Crippen molar-refractivity contribution in [1.29, 1.82) is 0 Å². The topological polar surface area (TPSA) is 77.8 Å². The lowest BCUT2D eigenvalue weighted by Gasteiger charge is -2.25. The highest BCUT2D eigenvalue weighted by atomic mass is 16.5. The van der Waals surface area contributed by atoms with E-state index in [0.717, 1.165) is 23.5 Å². The Morgan fingerprint density at radius 1 is 1.48 bits per heavy atom. The van der Waals surface area contributed by atoms with E-state index in [1.807, 2.05) is 24.4 Å². The van der Waals surface area contributed by atoms with E-state index in [2.05, 4.69) is 15.3 Å². The number of carbonyl (C=O) groups excluding carboxylic acids is 1. The Hall–Kier alpha value is -3.09. The normalized spacial score (nSPS) is 16.1. The Balaban J connectivity index is 1.39. The summed E-state index contributed by atoms with van der Waals surface area (Å²) in [6, 6.07) is 7.62. The zero-order valence-corrected chi connectivity index (χ0v) is 13.8. The van der Waals surface area contributed by atoms with Crippen LogP contribution in [0.15, 0.2) is 42.9 Å². The highest BCUT2D eigenvalue weighted by Gasteiger charge is 2.21. The number of imidazole rings is 1. The van der Waals surface area contributed by atoms with E-state index in [1.165, 1.54) is 0 Å². The molecule has 7 nitrogen and oxygen atoms in total. The van der Waals surface area contributed by atoms with Crippen molar-refractivity contribution in [1.82, 2.24) is 19.7 Å². The summed E-state index contributed by atoms with van der Waals surface area (Å²) in [7, 11) is 1.64. The van der Waals surface area contributed by atoms with Crippen molar-refractivity contribution >= 4 is 11.7 Å². The Bertz CT molecular complexity index is 889. The maximum Gasteiger partial charge on any atom is 0.271 e. The molecule has 25 heavy (non-hydrogen) atoms. The predicted octanol–water partition coefficient (Wildman–Crippen LogP) is 1.72. The SMILES string of the molecule is COc1ccc2c(c1)OCC(CNC(=O)c1cn3cccnc3n1)C2. The molecule has 1 aromatic carbocycles. The molecule has 0 bridgehead atoms. The van der Waals surface area contributed by atoms with Crippen molar-refractivity contribution in [3.8, 4) is 11.5 Å². The molecule has 0 saturated carbocycles. The second-order valence-corrected chi connectivity index (χ2v) is 6.02. The minimum Gasteiger partial charge on any atom is -0.497 e. The van der Waals surface area contributed by atoms with Gasteiger partial charge in [0.15, 0.2) is 0 Å². The molecule has 0 radical (unpaired) electrons. The van der Waals surface area contributed by atoms with Gasteiger partial charge in [-0.1, -0.05) is 6.07 Å². The molecule has 3 heterocycles. The van der Waals surface area contributed by atoms with Gasteiger partial charge in [0.2, 0.25) is 5.78 Å². The summed E-state index contributed by atoms with van der Waals surface area (Å²) in [5.74, 6) is 2.17. The number of rotatable bonds is 4. The lowest BCUT2D eigenvalue weighted by Crippen LogP contribution is -2.35. The summed E-state index contributed by atoms with van der Waals surface area (Å²) in [4.78, 5) is 20.7. The van der Waals surface area contributed by atoms with Crippen LogP contribution in [0.25, 0.3) is 5.78 Å². The van der Waals surface area contributed by atoms with Gasteiger partial charge in [0.1, 0.15) is 17.2 Å². The van der Waals surface area contributed by atoms with E-state index < -0.39 is 0 Å². The van der Waals surface area contributed by atoms with Crippen LogP contribution in [0.2, 0.25) is 0 Å². The molecular formula is C18H18N4O3. The van der Waals surface area contributed by atoms with Gasteiger partial charge in [0, 0.05) is 37.1 Å². The third-order valence-corrected chi connectivity index (χ3v) is 4.28. The summed E-state index contributed by atoms with van der Waals surface area (Å²) in [6.07, 6.45) is 5.99. The number of hydrogen-bond acceptors (Lipinski definition) is 5. The van der Waals surface area contributed by atoms with E-state index in [9.17, 15) is 4.79 Å². The van der Waals surface area contributed by atoms with Crippen molar-refractivity contribution < 1.29 is 14.3 Å². The van der Waals surface area contributed by atoms with Gasteiger partial charge in [-0.3, -0.25) is 9.20 Å². The van der Waals surface area contributed by atoms with Crippen LogP contribution in [-0.4, -0.2) is 40.5 Å². The summed E-state index contributed by atoms with van der Waals surface area (Å²) in [5.41, 5.74) is 1.49. The molecular weight excluding hydrogens is 320 g/mol. The first-order valence-corrected chi connectivity index (χ1v) is 8.10. The van der Waals surface area contributed by atoms with Crippen LogP contribution < -0.4 is 14.8 Å². The minimum absolute atomic E-state index is 0.203. The number of aromatic nitrogens is 3. The van der Waals surface area contributed by atoms with Crippen LogP contribution in [0.5, 0.6) is 11.5 Å². The summed E-state index contributed by atoms with van der Waals surface area (Å²) >= 11 is 0. The third-order valence-electron chi connectivity index (χ3n) is 4.28. The average molecular weight is 338 g/mol. The lowest BCUT2D eigenvalue weighted by atomic mass is 9.96. The summed E-state index contributed by atoms with van der Waals surface area (Å²) in [5, 5.41) is 2.94. The van der Waals surface area contributed by atoms with Crippen molar-refractivity contribution in [2.45, 2.75) is 6.42 Å². The minimum atomic E-state index is -0.203. The fourth-order valence-corrected chi connectivity index (χ4v) is 2.94. The molecule has 0 saturated heterocycles. The van der Waals surface area contributed by atoms with E-state index >= 15 is 0 Å². The van der Waals surface area contributed by atoms with Gasteiger partial charge in [0.25, 0.3) is 5.91 Å². The van der Waals surface area contributed by atoms with Gasteiger partial charge in [-0.15, -0.1) is 0 Å². The quantitative estimate of drug-likeness (QED) is 0.784. The maximum absolute atomic E-state index is 12.3. The number of fused-ring (bicyclic) bond motifs is 2. The Kier molecular flexibility index (Phi) is 3.97. The fourth-order valence-electron chi connectivity index (χ4n) is 2.94. The molecule has 128 valence electrons. The van der Waals surface area contributed by atoms with Crippen LogP contribution in [0.4, 0.5) is 0 Å². The molecule has 1 amide bonds. The molecule has 2 aromatic heterocycles. The van der Waals surface area contributed by atoms with E-state index in [1.54, 1.807) is 30.0 Å². The summed E-state index contributed by atoms with van der Waals surface area (Å²) < 4.78 is 12.7. The third kappa shape index (κ3) is 3.13. The Morgan fingerprint density at radius 3 is 3.24 bits per heavy atom. The highest BCUT2D eigenvalue weighted by molar-refractivity contribution is 5.92. The monoisotopic (exact) mass is 338 g/mol. The number of benzene rings is 1. The first-order valence-electron chi connectivity index (χ1n) is 8.10. The van der Waals surface area contributed by atoms with Crippen LogP contribution in [0.1, 0.15) is 16.1 Å². The molecule has 3 aromatic rings. The van der Waals surface area contributed by atoms with Gasteiger partial charge < -0.3 is 14.8 Å². The first-order chi connectivity index (χ1) is 12.2.